The van der Waals surface area contributed by atoms with E-state index >= 15 is 0 Å². The molecule has 3 heteroatoms. The Morgan fingerprint density at radius 1 is 1.39 bits per heavy atom. The lowest BCUT2D eigenvalue weighted by Crippen LogP contribution is -2.49. The van der Waals surface area contributed by atoms with Crippen molar-refractivity contribution in [2.75, 3.05) is 6.61 Å². The molecule has 1 aliphatic carbocycles. The first-order valence-corrected chi connectivity index (χ1v) is 7.71. The minimum Gasteiger partial charge on any atom is -0.493 e. The van der Waals surface area contributed by atoms with E-state index in [1.807, 2.05) is 0 Å². The van der Waals surface area contributed by atoms with Gasteiger partial charge in [0.1, 0.15) is 5.75 Å². The highest BCUT2D eigenvalue weighted by molar-refractivity contribution is 9.10. The van der Waals surface area contributed by atoms with Crippen LogP contribution in [0.5, 0.6) is 5.75 Å². The summed E-state index contributed by atoms with van der Waals surface area (Å²) in [5.74, 6) is 1.12. The summed E-state index contributed by atoms with van der Waals surface area (Å²) in [5.41, 5.74) is 3.05. The quantitative estimate of drug-likeness (QED) is 0.913. The predicted octanol–water partition coefficient (Wildman–Crippen LogP) is 3.81. The average Bonchev–Trinajstić information content (AvgIpc) is 2.75. The number of fused-ring (bicyclic) bond motifs is 1. The van der Waals surface area contributed by atoms with Crippen molar-refractivity contribution >= 4 is 15.9 Å². The number of nitrogens with one attached hydrogen (secondary N) is 1. The second-order valence-corrected chi connectivity index (χ2v) is 6.41. The van der Waals surface area contributed by atoms with Crippen molar-refractivity contribution in [3.05, 3.63) is 27.7 Å². The number of halogens is 1. The van der Waals surface area contributed by atoms with Crippen LogP contribution in [-0.2, 0) is 13.0 Å². The van der Waals surface area contributed by atoms with Gasteiger partial charge in [-0.25, -0.2) is 0 Å². The van der Waals surface area contributed by atoms with Gasteiger partial charge in [-0.05, 0) is 43.4 Å². The second-order valence-electron chi connectivity index (χ2n) is 5.49. The van der Waals surface area contributed by atoms with E-state index in [9.17, 15) is 0 Å². The van der Waals surface area contributed by atoms with Gasteiger partial charge in [-0.15, -0.1) is 0 Å². The summed E-state index contributed by atoms with van der Waals surface area (Å²) in [6.45, 7) is 4.04. The number of rotatable bonds is 4. The standard InChI is InChI=1S/C15H20BrNO/c1-2-15(5-3-6-15)17-10-12-9-13(16)8-11-4-7-18-14(11)12/h8-9,17H,2-7,10H2,1H3. The highest BCUT2D eigenvalue weighted by atomic mass is 79.9. The zero-order chi connectivity index (χ0) is 12.6. The maximum absolute atomic E-state index is 5.77. The third kappa shape index (κ3) is 2.19. The molecule has 0 amide bonds. The van der Waals surface area contributed by atoms with Crippen molar-refractivity contribution in [2.45, 2.75) is 51.1 Å². The Labute approximate surface area is 117 Å². The van der Waals surface area contributed by atoms with Crippen LogP contribution in [-0.4, -0.2) is 12.1 Å². The summed E-state index contributed by atoms with van der Waals surface area (Å²) in [5, 5.41) is 3.75. The molecule has 1 N–H and O–H groups in total. The molecule has 2 aliphatic rings. The largest absolute Gasteiger partial charge is 0.493 e. The predicted molar refractivity (Wildman–Crippen MR) is 77.1 cm³/mol. The Morgan fingerprint density at radius 3 is 2.89 bits per heavy atom. The molecule has 0 radical (unpaired) electrons. The smallest absolute Gasteiger partial charge is 0.127 e. The van der Waals surface area contributed by atoms with Crippen molar-refractivity contribution in [2.24, 2.45) is 0 Å². The molecular weight excluding hydrogens is 290 g/mol. The second kappa shape index (κ2) is 4.86. The van der Waals surface area contributed by atoms with Gasteiger partial charge in [-0.2, -0.15) is 0 Å². The molecule has 0 spiro atoms. The normalized spacial score (nSPS) is 20.1. The van der Waals surface area contributed by atoms with Crippen LogP contribution in [0.4, 0.5) is 0 Å². The molecule has 1 heterocycles. The number of benzene rings is 1. The van der Waals surface area contributed by atoms with Gasteiger partial charge in [0, 0.05) is 28.5 Å². The summed E-state index contributed by atoms with van der Waals surface area (Å²) in [4.78, 5) is 0. The van der Waals surface area contributed by atoms with Crippen LogP contribution < -0.4 is 10.1 Å². The summed E-state index contributed by atoms with van der Waals surface area (Å²) in [7, 11) is 0. The van der Waals surface area contributed by atoms with Crippen molar-refractivity contribution in [1.29, 1.82) is 0 Å². The maximum Gasteiger partial charge on any atom is 0.127 e. The van der Waals surface area contributed by atoms with Gasteiger partial charge in [0.25, 0.3) is 0 Å². The molecule has 0 atom stereocenters. The SMILES string of the molecule is CCC1(NCc2cc(Br)cc3c2OCC3)CCC1. The van der Waals surface area contributed by atoms with Crippen molar-refractivity contribution < 1.29 is 4.74 Å². The zero-order valence-electron chi connectivity index (χ0n) is 10.9. The lowest BCUT2D eigenvalue weighted by atomic mass is 9.75. The van der Waals surface area contributed by atoms with Gasteiger partial charge in [0.15, 0.2) is 0 Å². The molecule has 0 unspecified atom stereocenters. The monoisotopic (exact) mass is 309 g/mol. The lowest BCUT2D eigenvalue weighted by Gasteiger charge is -2.42. The lowest BCUT2D eigenvalue weighted by molar-refractivity contribution is 0.175. The van der Waals surface area contributed by atoms with Crippen LogP contribution in [0.15, 0.2) is 16.6 Å². The van der Waals surface area contributed by atoms with E-state index in [2.05, 4.69) is 40.3 Å². The van der Waals surface area contributed by atoms with Crippen LogP contribution in [0.25, 0.3) is 0 Å². The van der Waals surface area contributed by atoms with Crippen LogP contribution in [0.3, 0.4) is 0 Å². The van der Waals surface area contributed by atoms with Gasteiger partial charge in [0.05, 0.1) is 6.61 Å². The Bertz CT molecular complexity index is 449. The molecule has 1 fully saturated rings. The third-order valence-electron chi connectivity index (χ3n) is 4.47. The van der Waals surface area contributed by atoms with Gasteiger partial charge in [-0.3, -0.25) is 0 Å². The average molecular weight is 310 g/mol. The first kappa shape index (κ1) is 12.5. The topological polar surface area (TPSA) is 21.3 Å². The summed E-state index contributed by atoms with van der Waals surface area (Å²) < 4.78 is 6.94. The number of hydrogen-bond acceptors (Lipinski definition) is 2. The van der Waals surface area contributed by atoms with E-state index in [1.165, 1.54) is 41.3 Å². The highest BCUT2D eigenvalue weighted by Crippen LogP contribution is 2.37. The molecule has 18 heavy (non-hydrogen) atoms. The van der Waals surface area contributed by atoms with Gasteiger partial charge >= 0.3 is 0 Å². The number of hydrogen-bond donors (Lipinski definition) is 1. The minimum absolute atomic E-state index is 0.397. The molecule has 1 aromatic carbocycles. The first-order chi connectivity index (χ1) is 8.72. The fourth-order valence-corrected chi connectivity index (χ4v) is 3.57. The third-order valence-corrected chi connectivity index (χ3v) is 4.92. The molecule has 1 aliphatic heterocycles. The molecule has 2 nitrogen and oxygen atoms in total. The molecule has 3 rings (SSSR count). The number of ether oxygens (including phenoxy) is 1. The Balaban J connectivity index is 1.76. The van der Waals surface area contributed by atoms with Crippen LogP contribution in [0.2, 0.25) is 0 Å². The molecule has 98 valence electrons. The fraction of sp³-hybridized carbons (Fsp3) is 0.600. The molecule has 0 saturated heterocycles. The van der Waals surface area contributed by atoms with Crippen molar-refractivity contribution in [1.82, 2.24) is 5.32 Å². The fourth-order valence-electron chi connectivity index (χ4n) is 3.02. The van der Waals surface area contributed by atoms with E-state index in [0.29, 0.717) is 5.54 Å². The Morgan fingerprint density at radius 2 is 2.22 bits per heavy atom. The van der Waals surface area contributed by atoms with Crippen LogP contribution in [0.1, 0.15) is 43.7 Å². The van der Waals surface area contributed by atoms with Crippen molar-refractivity contribution in [3.63, 3.8) is 0 Å². The van der Waals surface area contributed by atoms with E-state index in [4.69, 9.17) is 4.74 Å². The van der Waals surface area contributed by atoms with Gasteiger partial charge in [-0.1, -0.05) is 22.9 Å². The molecular formula is C15H20BrNO. The maximum atomic E-state index is 5.77. The van der Waals surface area contributed by atoms with E-state index < -0.39 is 0 Å². The van der Waals surface area contributed by atoms with Crippen LogP contribution >= 0.6 is 15.9 Å². The highest BCUT2D eigenvalue weighted by Gasteiger charge is 2.34. The summed E-state index contributed by atoms with van der Waals surface area (Å²) in [6.07, 6.45) is 6.28. The summed E-state index contributed by atoms with van der Waals surface area (Å²) in [6, 6.07) is 4.38. The minimum atomic E-state index is 0.397. The van der Waals surface area contributed by atoms with E-state index in [-0.39, 0.29) is 0 Å². The molecule has 1 saturated carbocycles. The van der Waals surface area contributed by atoms with Gasteiger partial charge in [0.2, 0.25) is 0 Å². The molecule has 0 aromatic heterocycles. The van der Waals surface area contributed by atoms with Crippen molar-refractivity contribution in [3.8, 4) is 5.75 Å². The first-order valence-electron chi connectivity index (χ1n) is 6.91. The summed E-state index contributed by atoms with van der Waals surface area (Å²) >= 11 is 3.60. The Kier molecular flexibility index (Phi) is 3.37. The zero-order valence-corrected chi connectivity index (χ0v) is 12.5. The molecule has 0 bridgehead atoms. The molecule has 1 aromatic rings. The van der Waals surface area contributed by atoms with Crippen LogP contribution in [0, 0.1) is 0 Å². The Hall–Kier alpha value is -0.540. The van der Waals surface area contributed by atoms with E-state index in [0.717, 1.165) is 25.3 Å². The van der Waals surface area contributed by atoms with E-state index in [1.54, 1.807) is 0 Å². The van der Waals surface area contributed by atoms with Gasteiger partial charge < -0.3 is 10.1 Å².